The predicted octanol–water partition coefficient (Wildman–Crippen LogP) is 2.52. The van der Waals surface area contributed by atoms with Gasteiger partial charge in [-0.05, 0) is 36.1 Å². The van der Waals surface area contributed by atoms with Gasteiger partial charge in [0.2, 0.25) is 0 Å². The van der Waals surface area contributed by atoms with E-state index in [-0.39, 0.29) is 0 Å². The first-order chi connectivity index (χ1) is 5.27. The van der Waals surface area contributed by atoms with E-state index in [9.17, 15) is 0 Å². The zero-order valence-corrected chi connectivity index (χ0v) is 7.09. The molecule has 0 bridgehead atoms. The molecule has 0 atom stereocenters. The second-order valence-corrected chi connectivity index (χ2v) is 2.66. The smallest absolute Gasteiger partial charge is 0.115 e. The summed E-state index contributed by atoms with van der Waals surface area (Å²) in [6.45, 7) is 4.24. The molecule has 0 saturated heterocycles. The van der Waals surface area contributed by atoms with Gasteiger partial charge in [-0.2, -0.15) is 0 Å². The van der Waals surface area contributed by atoms with E-state index in [1.54, 1.807) is 6.07 Å². The lowest BCUT2D eigenvalue weighted by atomic mass is 10.0. The van der Waals surface area contributed by atoms with Crippen molar-refractivity contribution in [2.24, 2.45) is 0 Å². The highest BCUT2D eigenvalue weighted by molar-refractivity contribution is 5.34. The quantitative estimate of drug-likeness (QED) is 0.686. The molecule has 0 radical (unpaired) electrons. The predicted molar refractivity (Wildman–Crippen MR) is 46.9 cm³/mol. The zero-order chi connectivity index (χ0) is 8.27. The van der Waals surface area contributed by atoms with Gasteiger partial charge in [0.25, 0.3) is 0 Å². The lowest BCUT2D eigenvalue weighted by Gasteiger charge is -2.04. The van der Waals surface area contributed by atoms with Gasteiger partial charge in [-0.25, -0.2) is 0 Å². The first-order valence-corrected chi connectivity index (χ1v) is 4.08. The summed E-state index contributed by atoms with van der Waals surface area (Å²) in [6.07, 6.45) is 2.04. The first-order valence-electron chi connectivity index (χ1n) is 4.08. The average Bonchev–Trinajstić information content (AvgIpc) is 2.04. The van der Waals surface area contributed by atoms with Gasteiger partial charge < -0.3 is 5.11 Å². The minimum atomic E-state index is 0.374. The Kier molecular flexibility index (Phi) is 2.53. The molecule has 1 nitrogen and oxygen atoms in total. The monoisotopic (exact) mass is 150 g/mol. The molecule has 0 heterocycles. The van der Waals surface area contributed by atoms with Crippen LogP contribution < -0.4 is 0 Å². The van der Waals surface area contributed by atoms with Crippen LogP contribution in [-0.4, -0.2) is 5.11 Å². The molecule has 11 heavy (non-hydrogen) atoms. The van der Waals surface area contributed by atoms with E-state index in [0.29, 0.717) is 5.75 Å². The summed E-state index contributed by atoms with van der Waals surface area (Å²) in [5, 5.41) is 9.16. The molecule has 1 aromatic carbocycles. The summed E-state index contributed by atoms with van der Waals surface area (Å²) < 4.78 is 0. The van der Waals surface area contributed by atoms with E-state index < -0.39 is 0 Å². The van der Waals surface area contributed by atoms with Crippen molar-refractivity contribution in [3.8, 4) is 5.75 Å². The molecule has 1 heteroatoms. The lowest BCUT2D eigenvalue weighted by Crippen LogP contribution is -1.89. The number of phenols is 1. The summed E-state index contributed by atoms with van der Waals surface area (Å²) in [5.74, 6) is 0.374. The summed E-state index contributed by atoms with van der Waals surface area (Å²) in [7, 11) is 0. The number of hydrogen-bond acceptors (Lipinski definition) is 1. The third-order valence-corrected chi connectivity index (χ3v) is 1.95. The van der Waals surface area contributed by atoms with Gasteiger partial charge in [-0.3, -0.25) is 0 Å². The third-order valence-electron chi connectivity index (χ3n) is 1.95. The van der Waals surface area contributed by atoms with Crippen LogP contribution in [0.15, 0.2) is 18.2 Å². The Morgan fingerprint density at radius 3 is 2.27 bits per heavy atom. The third kappa shape index (κ3) is 1.73. The van der Waals surface area contributed by atoms with Gasteiger partial charge in [-0.1, -0.05) is 19.9 Å². The molecule has 0 amide bonds. The summed E-state index contributed by atoms with van der Waals surface area (Å²) in [5.41, 5.74) is 2.60. The number of rotatable bonds is 2. The molecule has 0 unspecified atom stereocenters. The van der Waals surface area contributed by atoms with Crippen molar-refractivity contribution in [1.82, 2.24) is 0 Å². The number of benzene rings is 1. The topological polar surface area (TPSA) is 20.2 Å². The maximum atomic E-state index is 9.16. The summed E-state index contributed by atoms with van der Waals surface area (Å²) in [6, 6.07) is 5.59. The van der Waals surface area contributed by atoms with E-state index in [2.05, 4.69) is 13.8 Å². The van der Waals surface area contributed by atoms with E-state index >= 15 is 0 Å². The van der Waals surface area contributed by atoms with Crippen LogP contribution >= 0.6 is 0 Å². The van der Waals surface area contributed by atoms with Crippen LogP contribution in [-0.2, 0) is 12.8 Å². The Labute approximate surface area is 67.7 Å². The fraction of sp³-hybridized carbons (Fsp3) is 0.400. The van der Waals surface area contributed by atoms with Gasteiger partial charge in [0.15, 0.2) is 0 Å². The molecule has 1 N–H and O–H groups in total. The van der Waals surface area contributed by atoms with Crippen molar-refractivity contribution in [2.45, 2.75) is 26.7 Å². The second-order valence-electron chi connectivity index (χ2n) is 2.66. The number of aryl methyl sites for hydroxylation is 2. The van der Waals surface area contributed by atoms with Crippen molar-refractivity contribution in [1.29, 1.82) is 0 Å². The van der Waals surface area contributed by atoms with E-state index in [4.69, 9.17) is 5.11 Å². The molecule has 0 spiro atoms. The number of hydrogen-bond donors (Lipinski definition) is 1. The Balaban J connectivity index is 3.06. The molecule has 1 aromatic rings. The molecule has 0 aliphatic heterocycles. The van der Waals surface area contributed by atoms with Gasteiger partial charge in [0.05, 0.1) is 0 Å². The van der Waals surface area contributed by atoms with Gasteiger partial charge in [-0.15, -0.1) is 0 Å². The van der Waals surface area contributed by atoms with Gasteiger partial charge in [0.1, 0.15) is 5.75 Å². The minimum Gasteiger partial charge on any atom is -0.508 e. The Morgan fingerprint density at radius 1 is 1.09 bits per heavy atom. The fourth-order valence-electron chi connectivity index (χ4n) is 1.29. The molecular weight excluding hydrogens is 136 g/mol. The van der Waals surface area contributed by atoms with E-state index in [1.165, 1.54) is 11.1 Å². The van der Waals surface area contributed by atoms with Crippen LogP contribution in [0.1, 0.15) is 25.0 Å². The van der Waals surface area contributed by atoms with Crippen LogP contribution in [0.5, 0.6) is 5.75 Å². The highest BCUT2D eigenvalue weighted by Crippen LogP contribution is 2.17. The lowest BCUT2D eigenvalue weighted by molar-refractivity contribution is 0.474. The van der Waals surface area contributed by atoms with Gasteiger partial charge in [0, 0.05) is 0 Å². The molecule has 0 aliphatic carbocycles. The van der Waals surface area contributed by atoms with E-state index in [0.717, 1.165) is 12.8 Å². The van der Waals surface area contributed by atoms with Crippen LogP contribution in [0, 0.1) is 0 Å². The average molecular weight is 150 g/mol. The second kappa shape index (κ2) is 3.42. The number of phenolic OH excluding ortho intramolecular Hbond substituents is 1. The summed E-state index contributed by atoms with van der Waals surface area (Å²) in [4.78, 5) is 0. The van der Waals surface area contributed by atoms with Crippen LogP contribution in [0.2, 0.25) is 0 Å². The molecular formula is C10H14O. The SMILES string of the molecule is CCc1ccc(O)cc1CC. The first kappa shape index (κ1) is 8.12. The molecule has 0 aromatic heterocycles. The highest BCUT2D eigenvalue weighted by atomic mass is 16.3. The molecule has 0 aliphatic rings. The molecule has 0 saturated carbocycles. The maximum Gasteiger partial charge on any atom is 0.115 e. The Bertz CT molecular complexity index is 241. The maximum absolute atomic E-state index is 9.16. The summed E-state index contributed by atoms with van der Waals surface area (Å²) >= 11 is 0. The van der Waals surface area contributed by atoms with Crippen molar-refractivity contribution in [2.75, 3.05) is 0 Å². The minimum absolute atomic E-state index is 0.374. The number of aromatic hydroxyl groups is 1. The van der Waals surface area contributed by atoms with Crippen molar-refractivity contribution in [3.63, 3.8) is 0 Å². The van der Waals surface area contributed by atoms with Crippen molar-refractivity contribution >= 4 is 0 Å². The Morgan fingerprint density at radius 2 is 1.73 bits per heavy atom. The molecule has 1 rings (SSSR count). The van der Waals surface area contributed by atoms with Crippen LogP contribution in [0.3, 0.4) is 0 Å². The molecule has 60 valence electrons. The van der Waals surface area contributed by atoms with Crippen molar-refractivity contribution in [3.05, 3.63) is 29.3 Å². The van der Waals surface area contributed by atoms with Crippen molar-refractivity contribution < 1.29 is 5.11 Å². The standard InChI is InChI=1S/C10H14O/c1-3-8-5-6-10(11)7-9(8)4-2/h5-7,11H,3-4H2,1-2H3. The van der Waals surface area contributed by atoms with Crippen LogP contribution in [0.4, 0.5) is 0 Å². The highest BCUT2D eigenvalue weighted by Gasteiger charge is 1.98. The zero-order valence-electron chi connectivity index (χ0n) is 7.09. The van der Waals surface area contributed by atoms with Crippen LogP contribution in [0.25, 0.3) is 0 Å². The Hall–Kier alpha value is -0.980. The fourth-order valence-corrected chi connectivity index (χ4v) is 1.29. The molecule has 0 fully saturated rings. The van der Waals surface area contributed by atoms with Gasteiger partial charge >= 0.3 is 0 Å². The normalized spacial score (nSPS) is 10.0. The largest absolute Gasteiger partial charge is 0.508 e. The van der Waals surface area contributed by atoms with E-state index in [1.807, 2.05) is 12.1 Å².